The first-order valence-electron chi connectivity index (χ1n) is 13.3. The summed E-state index contributed by atoms with van der Waals surface area (Å²) in [6, 6.07) is 29.4. The lowest BCUT2D eigenvalue weighted by atomic mass is 9.94. The molecule has 1 aliphatic carbocycles. The van der Waals surface area contributed by atoms with Crippen LogP contribution in [-0.2, 0) is 9.59 Å². The zero-order valence-corrected chi connectivity index (χ0v) is 22.1. The third-order valence-electron chi connectivity index (χ3n) is 7.66. The molecule has 2 aliphatic rings. The molecule has 0 radical (unpaired) electrons. The van der Waals surface area contributed by atoms with Crippen molar-refractivity contribution in [3.8, 4) is 5.69 Å². The van der Waals surface area contributed by atoms with E-state index in [0.717, 1.165) is 41.0 Å². The molecule has 1 fully saturated rings. The van der Waals surface area contributed by atoms with Crippen molar-refractivity contribution in [2.75, 3.05) is 11.4 Å². The van der Waals surface area contributed by atoms with E-state index in [0.29, 0.717) is 11.4 Å². The van der Waals surface area contributed by atoms with Crippen LogP contribution in [0.1, 0.15) is 55.0 Å². The van der Waals surface area contributed by atoms with Gasteiger partial charge in [0.05, 0.1) is 23.0 Å². The van der Waals surface area contributed by atoms with Crippen molar-refractivity contribution in [2.24, 2.45) is 0 Å². The number of benzene rings is 3. The summed E-state index contributed by atoms with van der Waals surface area (Å²) in [6.45, 7) is 2.08. The largest absolute Gasteiger partial charge is 0.330 e. The number of amides is 2. The standard InChI is InChI=1S/C32H30ClN3O2/c1-2-26(22-9-4-3-5-10-22)32(38)35(25-18-19-25)21-30(37)36-28-12-7-6-11-27(28)34-20-8-13-29(34)31(36)23-14-16-24(33)17-15-23/h3-17,20,25-26,31H,2,18-19,21H2,1H3. The Balaban J connectivity index is 1.38. The molecule has 2 unspecified atom stereocenters. The second-order valence-corrected chi connectivity index (χ2v) is 10.5. The minimum absolute atomic E-state index is 0.0336. The van der Waals surface area contributed by atoms with E-state index in [4.69, 9.17) is 11.6 Å². The van der Waals surface area contributed by atoms with Gasteiger partial charge in [0.2, 0.25) is 11.8 Å². The molecule has 1 aliphatic heterocycles. The molecular formula is C32H30ClN3O2. The molecule has 5 nitrogen and oxygen atoms in total. The van der Waals surface area contributed by atoms with Crippen LogP contribution in [0.5, 0.6) is 0 Å². The average molecular weight is 524 g/mol. The van der Waals surface area contributed by atoms with Crippen molar-refractivity contribution in [1.82, 2.24) is 9.47 Å². The van der Waals surface area contributed by atoms with Crippen molar-refractivity contribution >= 4 is 29.1 Å². The molecule has 2 atom stereocenters. The molecule has 2 heterocycles. The van der Waals surface area contributed by atoms with Crippen LogP contribution in [0.4, 0.5) is 5.69 Å². The zero-order chi connectivity index (χ0) is 26.2. The topological polar surface area (TPSA) is 45.6 Å². The molecule has 2 amide bonds. The Morgan fingerprint density at radius 2 is 1.58 bits per heavy atom. The first-order chi connectivity index (χ1) is 18.6. The first-order valence-corrected chi connectivity index (χ1v) is 13.6. The molecule has 6 rings (SSSR count). The second-order valence-electron chi connectivity index (χ2n) is 10.1. The molecule has 0 saturated heterocycles. The highest BCUT2D eigenvalue weighted by molar-refractivity contribution is 6.30. The molecular weight excluding hydrogens is 494 g/mol. The zero-order valence-electron chi connectivity index (χ0n) is 21.3. The minimum Gasteiger partial charge on any atom is -0.330 e. The Kier molecular flexibility index (Phi) is 6.54. The van der Waals surface area contributed by atoms with Crippen LogP contribution < -0.4 is 4.90 Å². The number of hydrogen-bond acceptors (Lipinski definition) is 2. The van der Waals surface area contributed by atoms with E-state index in [1.165, 1.54) is 0 Å². The molecule has 192 valence electrons. The highest BCUT2D eigenvalue weighted by Gasteiger charge is 2.41. The number of para-hydroxylation sites is 2. The summed E-state index contributed by atoms with van der Waals surface area (Å²) in [7, 11) is 0. The summed E-state index contributed by atoms with van der Waals surface area (Å²) >= 11 is 6.22. The highest BCUT2D eigenvalue weighted by atomic mass is 35.5. The number of carbonyl (C=O) groups is 2. The lowest BCUT2D eigenvalue weighted by Gasteiger charge is -2.40. The molecule has 0 N–H and O–H groups in total. The fraction of sp³-hybridized carbons (Fsp3) is 0.250. The van der Waals surface area contributed by atoms with Gasteiger partial charge in [0, 0.05) is 17.3 Å². The Morgan fingerprint density at radius 1 is 0.895 bits per heavy atom. The summed E-state index contributed by atoms with van der Waals surface area (Å²) in [6.07, 6.45) is 4.59. The Labute approximate surface area is 228 Å². The number of fused-ring (bicyclic) bond motifs is 3. The van der Waals surface area contributed by atoms with E-state index < -0.39 is 0 Å². The predicted molar refractivity (Wildman–Crippen MR) is 151 cm³/mol. The van der Waals surface area contributed by atoms with Crippen LogP contribution in [-0.4, -0.2) is 33.9 Å². The molecule has 4 aromatic rings. The van der Waals surface area contributed by atoms with Gasteiger partial charge in [-0.25, -0.2) is 0 Å². The summed E-state index contributed by atoms with van der Waals surface area (Å²) in [5.74, 6) is -0.318. The van der Waals surface area contributed by atoms with Crippen molar-refractivity contribution < 1.29 is 9.59 Å². The van der Waals surface area contributed by atoms with Crippen molar-refractivity contribution in [2.45, 2.75) is 44.2 Å². The fourth-order valence-corrected chi connectivity index (χ4v) is 5.78. The third kappa shape index (κ3) is 4.41. The molecule has 1 saturated carbocycles. The highest BCUT2D eigenvalue weighted by Crippen LogP contribution is 2.43. The summed E-state index contributed by atoms with van der Waals surface area (Å²) in [5.41, 5.74) is 4.75. The van der Waals surface area contributed by atoms with Gasteiger partial charge in [-0.3, -0.25) is 14.5 Å². The lowest BCUT2D eigenvalue weighted by molar-refractivity contribution is -0.137. The van der Waals surface area contributed by atoms with Crippen molar-refractivity contribution in [1.29, 1.82) is 0 Å². The van der Waals surface area contributed by atoms with E-state index in [-0.39, 0.29) is 36.4 Å². The van der Waals surface area contributed by atoms with Crippen LogP contribution in [0.3, 0.4) is 0 Å². The smallest absolute Gasteiger partial charge is 0.247 e. The van der Waals surface area contributed by atoms with E-state index in [9.17, 15) is 9.59 Å². The van der Waals surface area contributed by atoms with Crippen LogP contribution >= 0.6 is 11.6 Å². The number of aromatic nitrogens is 1. The minimum atomic E-state index is -0.336. The molecule has 0 bridgehead atoms. The van der Waals surface area contributed by atoms with Crippen molar-refractivity contribution in [3.63, 3.8) is 0 Å². The van der Waals surface area contributed by atoms with Gasteiger partial charge in [0.1, 0.15) is 12.6 Å². The van der Waals surface area contributed by atoms with E-state index in [2.05, 4.69) is 10.6 Å². The van der Waals surface area contributed by atoms with Crippen molar-refractivity contribution in [3.05, 3.63) is 119 Å². The second kappa shape index (κ2) is 10.1. The molecule has 0 spiro atoms. The number of hydrogen-bond donors (Lipinski definition) is 0. The lowest BCUT2D eigenvalue weighted by Crippen LogP contribution is -2.48. The SMILES string of the molecule is CCC(C(=O)N(CC(=O)N1c2ccccc2-n2cccc2C1c1ccc(Cl)cc1)C1CC1)c1ccccc1. The Morgan fingerprint density at radius 3 is 2.26 bits per heavy atom. The molecule has 1 aromatic heterocycles. The van der Waals surface area contributed by atoms with E-state index in [1.54, 1.807) is 0 Å². The third-order valence-corrected chi connectivity index (χ3v) is 7.91. The molecule has 3 aromatic carbocycles. The van der Waals surface area contributed by atoms with Gasteiger partial charge >= 0.3 is 0 Å². The number of nitrogens with zero attached hydrogens (tertiary/aromatic N) is 3. The average Bonchev–Trinajstić information content (AvgIpc) is 3.67. The van der Waals surface area contributed by atoms with Gasteiger partial charge in [0.25, 0.3) is 0 Å². The normalized spacial score (nSPS) is 16.9. The van der Waals surface area contributed by atoms with Gasteiger partial charge in [-0.2, -0.15) is 0 Å². The Hall–Kier alpha value is -3.83. The summed E-state index contributed by atoms with van der Waals surface area (Å²) < 4.78 is 2.14. The maximum Gasteiger partial charge on any atom is 0.247 e. The van der Waals surface area contributed by atoms with Crippen LogP contribution in [0.2, 0.25) is 5.02 Å². The molecule has 38 heavy (non-hydrogen) atoms. The molecule has 6 heteroatoms. The quantitative estimate of drug-likeness (QED) is 0.269. The number of anilines is 1. The summed E-state index contributed by atoms with van der Waals surface area (Å²) in [5, 5.41) is 0.648. The van der Waals surface area contributed by atoms with Crippen LogP contribution in [0, 0.1) is 0 Å². The first kappa shape index (κ1) is 24.5. The summed E-state index contributed by atoms with van der Waals surface area (Å²) in [4.78, 5) is 31.9. The van der Waals surface area contributed by atoms with Crippen LogP contribution in [0.25, 0.3) is 5.69 Å². The van der Waals surface area contributed by atoms with Crippen LogP contribution in [0.15, 0.2) is 97.2 Å². The van der Waals surface area contributed by atoms with Gasteiger partial charge in [-0.15, -0.1) is 0 Å². The fourth-order valence-electron chi connectivity index (χ4n) is 5.66. The number of rotatable bonds is 7. The van der Waals surface area contributed by atoms with Gasteiger partial charge in [0.15, 0.2) is 0 Å². The van der Waals surface area contributed by atoms with Gasteiger partial charge in [-0.05, 0) is 66.8 Å². The number of halogens is 1. The predicted octanol–water partition coefficient (Wildman–Crippen LogP) is 6.75. The monoisotopic (exact) mass is 523 g/mol. The maximum atomic E-state index is 14.3. The van der Waals surface area contributed by atoms with Gasteiger partial charge < -0.3 is 9.47 Å². The van der Waals surface area contributed by atoms with E-state index >= 15 is 0 Å². The Bertz CT molecular complexity index is 1460. The number of carbonyl (C=O) groups excluding carboxylic acids is 2. The van der Waals surface area contributed by atoms with E-state index in [1.807, 2.05) is 108 Å². The van der Waals surface area contributed by atoms with Gasteiger partial charge in [-0.1, -0.05) is 73.1 Å². The maximum absolute atomic E-state index is 14.3.